The first-order valence-corrected chi connectivity index (χ1v) is 5.07. The Morgan fingerprint density at radius 1 is 1.24 bits per heavy atom. The van der Waals surface area contributed by atoms with Crippen molar-refractivity contribution in [2.45, 2.75) is 6.92 Å². The molecular formula is C11H7F3N2S. The molecule has 0 bridgehead atoms. The van der Waals surface area contributed by atoms with Gasteiger partial charge in [0.1, 0.15) is 10.5 Å². The zero-order chi connectivity index (χ0) is 12.7. The largest absolute Gasteiger partial charge is 0.389 e. The molecule has 88 valence electrons. The molecule has 0 fully saturated rings. The molecule has 0 amide bonds. The Morgan fingerprint density at radius 3 is 2.47 bits per heavy atom. The molecule has 2 rings (SSSR count). The molecule has 1 heterocycles. The highest BCUT2D eigenvalue weighted by molar-refractivity contribution is 7.80. The molecule has 17 heavy (non-hydrogen) atoms. The van der Waals surface area contributed by atoms with Crippen LogP contribution in [-0.4, -0.2) is 9.97 Å². The van der Waals surface area contributed by atoms with Gasteiger partial charge in [0.05, 0.1) is 0 Å². The van der Waals surface area contributed by atoms with E-state index < -0.39 is 17.5 Å². The third kappa shape index (κ3) is 1.84. The van der Waals surface area contributed by atoms with E-state index in [1.54, 1.807) is 6.92 Å². The van der Waals surface area contributed by atoms with Crippen LogP contribution >= 0.6 is 12.2 Å². The molecule has 2 N–H and O–H groups in total. The summed E-state index contributed by atoms with van der Waals surface area (Å²) in [5.74, 6) is -4.18. The Balaban J connectivity index is 2.99. The highest BCUT2D eigenvalue weighted by Crippen LogP contribution is 2.25. The van der Waals surface area contributed by atoms with E-state index in [2.05, 4.69) is 4.98 Å². The van der Waals surface area contributed by atoms with Gasteiger partial charge in [0, 0.05) is 16.6 Å². The standard InChI is InChI=1S/C11H7F3N2S/c1-4-2-6(11(15)17)5-3-7(12)8(13)9(14)10(5)16-4/h2-3H,1H3,(H2,15,17). The maximum absolute atomic E-state index is 13.5. The third-order valence-corrected chi connectivity index (χ3v) is 2.55. The van der Waals surface area contributed by atoms with Gasteiger partial charge in [0.2, 0.25) is 0 Å². The van der Waals surface area contributed by atoms with Gasteiger partial charge in [-0.05, 0) is 19.1 Å². The van der Waals surface area contributed by atoms with Gasteiger partial charge in [-0.15, -0.1) is 0 Å². The highest BCUT2D eigenvalue weighted by Gasteiger charge is 2.17. The molecule has 0 saturated carbocycles. The maximum atomic E-state index is 13.5. The number of thiocarbonyl (C=S) groups is 1. The number of nitrogens with zero attached hydrogens (tertiary/aromatic N) is 1. The first-order valence-electron chi connectivity index (χ1n) is 4.66. The first-order chi connectivity index (χ1) is 7.91. The van der Waals surface area contributed by atoms with Crippen LogP contribution in [0.1, 0.15) is 11.3 Å². The van der Waals surface area contributed by atoms with Crippen LogP contribution in [-0.2, 0) is 0 Å². The average molecular weight is 256 g/mol. The summed E-state index contributed by atoms with van der Waals surface area (Å²) in [6.45, 7) is 1.59. The van der Waals surface area contributed by atoms with Crippen molar-refractivity contribution in [1.29, 1.82) is 0 Å². The molecule has 0 saturated heterocycles. The first kappa shape index (κ1) is 11.8. The Hall–Kier alpha value is -1.69. The number of pyridine rings is 1. The van der Waals surface area contributed by atoms with Crippen LogP contribution in [0.15, 0.2) is 12.1 Å². The van der Waals surface area contributed by atoms with Gasteiger partial charge in [0.25, 0.3) is 0 Å². The Labute approximate surface area is 100 Å². The van der Waals surface area contributed by atoms with Crippen LogP contribution in [0.4, 0.5) is 13.2 Å². The van der Waals surface area contributed by atoms with Crippen molar-refractivity contribution in [2.24, 2.45) is 5.73 Å². The van der Waals surface area contributed by atoms with Crippen molar-refractivity contribution in [1.82, 2.24) is 4.98 Å². The quantitative estimate of drug-likeness (QED) is 0.629. The Kier molecular flexibility index (Phi) is 2.74. The zero-order valence-electron chi connectivity index (χ0n) is 8.72. The third-order valence-electron chi connectivity index (χ3n) is 2.33. The fraction of sp³-hybridized carbons (Fsp3) is 0.0909. The predicted molar refractivity (Wildman–Crippen MR) is 62.2 cm³/mol. The van der Waals surface area contributed by atoms with Gasteiger partial charge < -0.3 is 5.73 Å². The predicted octanol–water partition coefficient (Wildman–Crippen LogP) is 2.59. The minimum Gasteiger partial charge on any atom is -0.389 e. The smallest absolute Gasteiger partial charge is 0.196 e. The van der Waals surface area contributed by atoms with Crippen molar-refractivity contribution in [2.75, 3.05) is 0 Å². The molecule has 6 heteroatoms. The van der Waals surface area contributed by atoms with E-state index in [1.807, 2.05) is 0 Å². The lowest BCUT2D eigenvalue weighted by molar-refractivity contribution is 0.452. The molecule has 0 unspecified atom stereocenters. The molecule has 2 nitrogen and oxygen atoms in total. The summed E-state index contributed by atoms with van der Waals surface area (Å²) in [5.41, 5.74) is 5.88. The molecule has 1 aromatic heterocycles. The fourth-order valence-corrected chi connectivity index (χ4v) is 1.77. The fourth-order valence-electron chi connectivity index (χ4n) is 1.60. The van der Waals surface area contributed by atoms with Crippen molar-refractivity contribution < 1.29 is 13.2 Å². The normalized spacial score (nSPS) is 10.8. The van der Waals surface area contributed by atoms with Crippen LogP contribution < -0.4 is 5.73 Å². The maximum Gasteiger partial charge on any atom is 0.196 e. The molecule has 0 aliphatic carbocycles. The molecular weight excluding hydrogens is 249 g/mol. The average Bonchev–Trinajstić information content (AvgIpc) is 2.26. The number of rotatable bonds is 1. The highest BCUT2D eigenvalue weighted by atomic mass is 32.1. The number of fused-ring (bicyclic) bond motifs is 1. The van der Waals surface area contributed by atoms with Gasteiger partial charge >= 0.3 is 0 Å². The molecule has 0 atom stereocenters. The Morgan fingerprint density at radius 2 is 1.88 bits per heavy atom. The van der Waals surface area contributed by atoms with Crippen molar-refractivity contribution in [3.05, 3.63) is 40.8 Å². The summed E-state index contributed by atoms with van der Waals surface area (Å²) in [6.07, 6.45) is 0. The van der Waals surface area contributed by atoms with E-state index in [1.165, 1.54) is 6.07 Å². The summed E-state index contributed by atoms with van der Waals surface area (Å²) in [6, 6.07) is 2.34. The van der Waals surface area contributed by atoms with Crippen LogP contribution in [0.5, 0.6) is 0 Å². The monoisotopic (exact) mass is 256 g/mol. The van der Waals surface area contributed by atoms with Crippen LogP contribution in [0.2, 0.25) is 0 Å². The van der Waals surface area contributed by atoms with Crippen molar-refractivity contribution >= 4 is 28.1 Å². The van der Waals surface area contributed by atoms with Gasteiger partial charge in [-0.3, -0.25) is 0 Å². The van der Waals surface area contributed by atoms with Gasteiger partial charge in [-0.25, -0.2) is 18.2 Å². The second-order valence-electron chi connectivity index (χ2n) is 3.56. The van der Waals surface area contributed by atoms with Gasteiger partial charge in [-0.2, -0.15) is 0 Å². The van der Waals surface area contributed by atoms with Crippen LogP contribution in [0.25, 0.3) is 10.9 Å². The second-order valence-corrected chi connectivity index (χ2v) is 4.00. The topological polar surface area (TPSA) is 38.9 Å². The van der Waals surface area contributed by atoms with Crippen molar-refractivity contribution in [3.8, 4) is 0 Å². The van der Waals surface area contributed by atoms with Gasteiger partial charge in [0.15, 0.2) is 17.5 Å². The SMILES string of the molecule is Cc1cc(C(N)=S)c2cc(F)c(F)c(F)c2n1. The molecule has 0 radical (unpaired) electrons. The van der Waals surface area contributed by atoms with E-state index in [0.29, 0.717) is 5.69 Å². The minimum absolute atomic E-state index is 0.0223. The number of aromatic nitrogens is 1. The molecule has 0 aliphatic heterocycles. The molecule has 0 spiro atoms. The summed E-state index contributed by atoms with van der Waals surface area (Å²) >= 11 is 4.78. The number of benzene rings is 1. The van der Waals surface area contributed by atoms with E-state index in [9.17, 15) is 13.2 Å². The lowest BCUT2D eigenvalue weighted by atomic mass is 10.1. The summed E-state index contributed by atoms with van der Waals surface area (Å²) in [4.78, 5) is 3.80. The molecule has 1 aromatic carbocycles. The van der Waals surface area contributed by atoms with Crippen LogP contribution in [0.3, 0.4) is 0 Å². The second kappa shape index (κ2) is 3.96. The summed E-state index contributed by atoms with van der Waals surface area (Å²) < 4.78 is 39.7. The summed E-state index contributed by atoms with van der Waals surface area (Å²) in [7, 11) is 0. The van der Waals surface area contributed by atoms with Gasteiger partial charge in [-0.1, -0.05) is 12.2 Å². The minimum atomic E-state index is -1.55. The van der Waals surface area contributed by atoms with E-state index in [0.717, 1.165) is 6.07 Å². The van der Waals surface area contributed by atoms with Crippen LogP contribution in [0, 0.1) is 24.4 Å². The van der Waals surface area contributed by atoms with E-state index >= 15 is 0 Å². The molecule has 0 aliphatic rings. The number of nitrogens with two attached hydrogens (primary N) is 1. The van der Waals surface area contributed by atoms with E-state index in [4.69, 9.17) is 18.0 Å². The van der Waals surface area contributed by atoms with E-state index in [-0.39, 0.29) is 21.5 Å². The summed E-state index contributed by atoms with van der Waals surface area (Å²) in [5, 5.41) is 0.0690. The lowest BCUT2D eigenvalue weighted by Crippen LogP contribution is -2.12. The molecule has 2 aromatic rings. The number of hydrogen-bond donors (Lipinski definition) is 1. The zero-order valence-corrected chi connectivity index (χ0v) is 9.54. The number of halogens is 3. The Bertz CT molecular complexity index is 640. The number of aryl methyl sites for hydroxylation is 1. The van der Waals surface area contributed by atoms with Crippen molar-refractivity contribution in [3.63, 3.8) is 0 Å². The lowest BCUT2D eigenvalue weighted by Gasteiger charge is -2.08. The number of hydrogen-bond acceptors (Lipinski definition) is 2.